The predicted molar refractivity (Wildman–Crippen MR) is 82.1 cm³/mol. The number of para-hydroxylation sites is 1. The molecule has 0 saturated heterocycles. The SMILES string of the molecule is CS(=O)(=O)c1ccc(C(=O)NNc2ccccc2C(F)(F)F)cc1. The second-order valence-corrected chi connectivity index (χ2v) is 6.93. The number of alkyl halides is 3. The molecule has 1 amide bonds. The van der Waals surface area contributed by atoms with Gasteiger partial charge in [0, 0.05) is 11.8 Å². The number of benzene rings is 2. The Hall–Kier alpha value is -2.55. The van der Waals surface area contributed by atoms with E-state index in [9.17, 15) is 26.4 Å². The zero-order valence-electron chi connectivity index (χ0n) is 12.4. The minimum absolute atomic E-state index is 0.0365. The molecule has 2 aromatic rings. The van der Waals surface area contributed by atoms with Gasteiger partial charge in [0.05, 0.1) is 16.1 Å². The van der Waals surface area contributed by atoms with Gasteiger partial charge in [-0.2, -0.15) is 13.2 Å². The number of hydrazine groups is 1. The highest BCUT2D eigenvalue weighted by Crippen LogP contribution is 2.34. The Balaban J connectivity index is 2.12. The molecule has 2 N–H and O–H groups in total. The van der Waals surface area contributed by atoms with Gasteiger partial charge in [0.15, 0.2) is 9.84 Å². The van der Waals surface area contributed by atoms with E-state index in [1.165, 1.54) is 42.5 Å². The van der Waals surface area contributed by atoms with Crippen LogP contribution in [-0.2, 0) is 16.0 Å². The summed E-state index contributed by atoms with van der Waals surface area (Å²) < 4.78 is 61.2. The fraction of sp³-hybridized carbons (Fsp3) is 0.133. The number of anilines is 1. The lowest BCUT2D eigenvalue weighted by Crippen LogP contribution is -2.30. The number of hydrogen-bond donors (Lipinski definition) is 2. The quantitative estimate of drug-likeness (QED) is 0.824. The molecule has 0 spiro atoms. The van der Waals surface area contributed by atoms with Crippen molar-refractivity contribution in [3.63, 3.8) is 0 Å². The Labute approximate surface area is 136 Å². The maximum Gasteiger partial charge on any atom is 0.418 e. The number of amides is 1. The second-order valence-electron chi connectivity index (χ2n) is 4.92. The zero-order chi connectivity index (χ0) is 18.0. The largest absolute Gasteiger partial charge is 0.418 e. The molecule has 2 rings (SSSR count). The Morgan fingerprint density at radius 2 is 1.58 bits per heavy atom. The van der Waals surface area contributed by atoms with E-state index in [2.05, 4.69) is 10.9 Å². The van der Waals surface area contributed by atoms with E-state index in [4.69, 9.17) is 0 Å². The molecule has 5 nitrogen and oxygen atoms in total. The number of carbonyl (C=O) groups excluding carboxylic acids is 1. The van der Waals surface area contributed by atoms with Crippen molar-refractivity contribution >= 4 is 21.4 Å². The van der Waals surface area contributed by atoms with E-state index in [1.54, 1.807) is 0 Å². The molecular formula is C15H13F3N2O3S. The van der Waals surface area contributed by atoms with Gasteiger partial charge in [-0.3, -0.25) is 15.6 Å². The minimum Gasteiger partial charge on any atom is -0.298 e. The Morgan fingerprint density at radius 3 is 2.12 bits per heavy atom. The van der Waals surface area contributed by atoms with Crippen LogP contribution in [0.3, 0.4) is 0 Å². The van der Waals surface area contributed by atoms with Crippen LogP contribution in [0.25, 0.3) is 0 Å². The van der Waals surface area contributed by atoms with E-state index in [0.717, 1.165) is 12.3 Å². The third kappa shape index (κ3) is 4.25. The molecule has 0 heterocycles. The Bertz CT molecular complexity index is 847. The fourth-order valence-corrected chi connectivity index (χ4v) is 2.52. The first-order valence-electron chi connectivity index (χ1n) is 6.62. The van der Waals surface area contributed by atoms with Crippen LogP contribution in [0.4, 0.5) is 18.9 Å². The first kappa shape index (κ1) is 17.8. The van der Waals surface area contributed by atoms with Gasteiger partial charge >= 0.3 is 6.18 Å². The van der Waals surface area contributed by atoms with Crippen LogP contribution in [-0.4, -0.2) is 20.6 Å². The topological polar surface area (TPSA) is 75.3 Å². The predicted octanol–water partition coefficient (Wildman–Crippen LogP) is 2.87. The van der Waals surface area contributed by atoms with Crippen LogP contribution in [0.2, 0.25) is 0 Å². The molecule has 0 aliphatic rings. The summed E-state index contributed by atoms with van der Waals surface area (Å²) in [5.41, 5.74) is 3.25. The summed E-state index contributed by atoms with van der Waals surface area (Å²) in [4.78, 5) is 12.0. The van der Waals surface area contributed by atoms with Crippen molar-refractivity contribution in [2.45, 2.75) is 11.1 Å². The van der Waals surface area contributed by atoms with Crippen LogP contribution in [0.5, 0.6) is 0 Å². The van der Waals surface area contributed by atoms with Crippen LogP contribution in [0.1, 0.15) is 15.9 Å². The third-order valence-electron chi connectivity index (χ3n) is 3.09. The third-order valence-corrected chi connectivity index (χ3v) is 4.22. The van der Waals surface area contributed by atoms with Gasteiger partial charge in [-0.05, 0) is 36.4 Å². The summed E-state index contributed by atoms with van der Waals surface area (Å²) in [5.74, 6) is -0.702. The molecule has 0 aromatic heterocycles. The van der Waals surface area contributed by atoms with Crippen molar-refractivity contribution in [1.82, 2.24) is 5.43 Å². The van der Waals surface area contributed by atoms with Crippen LogP contribution < -0.4 is 10.9 Å². The van der Waals surface area contributed by atoms with Crippen LogP contribution in [0.15, 0.2) is 53.4 Å². The van der Waals surface area contributed by atoms with Crippen molar-refractivity contribution in [3.8, 4) is 0 Å². The average Bonchev–Trinajstić information content (AvgIpc) is 2.51. The van der Waals surface area contributed by atoms with E-state index in [0.29, 0.717) is 0 Å². The zero-order valence-corrected chi connectivity index (χ0v) is 13.2. The van der Waals surface area contributed by atoms with Gasteiger partial charge < -0.3 is 0 Å². The van der Waals surface area contributed by atoms with Crippen molar-refractivity contribution in [2.24, 2.45) is 0 Å². The number of hydrogen-bond acceptors (Lipinski definition) is 4. The molecule has 0 saturated carbocycles. The fourth-order valence-electron chi connectivity index (χ4n) is 1.89. The Morgan fingerprint density at radius 1 is 1.00 bits per heavy atom. The van der Waals surface area contributed by atoms with Gasteiger partial charge in [0.25, 0.3) is 5.91 Å². The van der Waals surface area contributed by atoms with Gasteiger partial charge in [-0.1, -0.05) is 12.1 Å². The molecule has 0 atom stereocenters. The highest BCUT2D eigenvalue weighted by molar-refractivity contribution is 7.90. The van der Waals surface area contributed by atoms with Gasteiger partial charge in [-0.25, -0.2) is 8.42 Å². The average molecular weight is 358 g/mol. The summed E-state index contributed by atoms with van der Waals surface area (Å²) >= 11 is 0. The molecule has 0 aliphatic carbocycles. The molecule has 24 heavy (non-hydrogen) atoms. The van der Waals surface area contributed by atoms with Crippen molar-refractivity contribution < 1.29 is 26.4 Å². The van der Waals surface area contributed by atoms with Gasteiger partial charge in [0.2, 0.25) is 0 Å². The van der Waals surface area contributed by atoms with Crippen LogP contribution in [0, 0.1) is 0 Å². The van der Waals surface area contributed by atoms with Crippen molar-refractivity contribution in [3.05, 3.63) is 59.7 Å². The van der Waals surface area contributed by atoms with Crippen molar-refractivity contribution in [2.75, 3.05) is 11.7 Å². The highest BCUT2D eigenvalue weighted by atomic mass is 32.2. The van der Waals surface area contributed by atoms with Crippen molar-refractivity contribution in [1.29, 1.82) is 0 Å². The van der Waals surface area contributed by atoms with E-state index in [-0.39, 0.29) is 16.1 Å². The number of carbonyl (C=O) groups is 1. The molecule has 0 aliphatic heterocycles. The van der Waals surface area contributed by atoms with E-state index < -0.39 is 27.5 Å². The lowest BCUT2D eigenvalue weighted by molar-refractivity contribution is -0.137. The minimum atomic E-state index is -4.56. The number of rotatable bonds is 4. The smallest absolute Gasteiger partial charge is 0.298 e. The van der Waals surface area contributed by atoms with Gasteiger partial charge in [0.1, 0.15) is 0 Å². The maximum atomic E-state index is 12.8. The lowest BCUT2D eigenvalue weighted by atomic mass is 10.2. The van der Waals surface area contributed by atoms with E-state index >= 15 is 0 Å². The number of sulfone groups is 1. The molecule has 0 radical (unpaired) electrons. The number of nitrogens with one attached hydrogen (secondary N) is 2. The van der Waals surface area contributed by atoms with Crippen LogP contribution >= 0.6 is 0 Å². The Kier molecular flexibility index (Phi) is 4.83. The first-order chi connectivity index (χ1) is 11.1. The van der Waals surface area contributed by atoms with E-state index in [1.807, 2.05) is 0 Å². The number of halogens is 3. The lowest BCUT2D eigenvalue weighted by Gasteiger charge is -2.15. The first-order valence-corrected chi connectivity index (χ1v) is 8.51. The summed E-state index contributed by atoms with van der Waals surface area (Å²) in [6.45, 7) is 0. The maximum absolute atomic E-state index is 12.8. The summed E-state index contributed by atoms with van der Waals surface area (Å²) in [6.07, 6.45) is -3.54. The molecular weight excluding hydrogens is 345 g/mol. The second kappa shape index (κ2) is 6.52. The summed E-state index contributed by atoms with van der Waals surface area (Å²) in [5, 5.41) is 0. The summed E-state index contributed by atoms with van der Waals surface area (Å²) in [7, 11) is -3.39. The monoisotopic (exact) mass is 358 g/mol. The highest BCUT2D eigenvalue weighted by Gasteiger charge is 2.33. The molecule has 2 aromatic carbocycles. The molecule has 0 unspecified atom stereocenters. The molecule has 0 fully saturated rings. The molecule has 9 heteroatoms. The standard InChI is InChI=1S/C15H13F3N2O3S/c1-24(22,23)11-8-6-10(7-9-11)14(21)20-19-13-5-3-2-4-12(13)15(16,17)18/h2-9,19H,1H3,(H,20,21). The molecule has 128 valence electrons. The van der Waals surface area contributed by atoms with Gasteiger partial charge in [-0.15, -0.1) is 0 Å². The summed E-state index contributed by atoms with van der Waals surface area (Å²) in [6, 6.07) is 9.71. The molecule has 0 bridgehead atoms. The normalized spacial score (nSPS) is 11.8.